The molecule has 0 amide bonds. The summed E-state index contributed by atoms with van der Waals surface area (Å²) in [6.07, 6.45) is -4.70. The number of nitrogens with zero attached hydrogens (tertiary/aromatic N) is 1. The van der Waals surface area contributed by atoms with E-state index in [1.54, 1.807) is 11.8 Å². The first kappa shape index (κ1) is 27.9. The summed E-state index contributed by atoms with van der Waals surface area (Å²) >= 11 is 1.60. The lowest BCUT2D eigenvalue weighted by Crippen LogP contribution is -2.37. The van der Waals surface area contributed by atoms with Crippen LogP contribution in [0.1, 0.15) is 24.1 Å². The van der Waals surface area contributed by atoms with E-state index in [0.717, 1.165) is 5.75 Å². The van der Waals surface area contributed by atoms with Crippen molar-refractivity contribution in [2.24, 2.45) is 0 Å². The second kappa shape index (κ2) is 10.4. The van der Waals surface area contributed by atoms with E-state index in [0.29, 0.717) is 12.2 Å². The minimum Gasteiger partial charge on any atom is -0.387 e. The zero-order valence-electron chi connectivity index (χ0n) is 16.8. The molecule has 21 heteroatoms. The molecule has 0 spiro atoms. The highest BCUT2D eigenvalue weighted by atomic mass is 32.2. The maximum atomic E-state index is 12.3. The largest absolute Gasteiger partial charge is 0.490 e. The number of thioether (sulfide) groups is 1. The van der Waals surface area contributed by atoms with Crippen LogP contribution >= 0.6 is 35.2 Å². The second-order valence-electron chi connectivity index (χ2n) is 7.23. The van der Waals surface area contributed by atoms with E-state index in [-0.39, 0.29) is 11.6 Å². The highest BCUT2D eigenvalue weighted by molar-refractivity contribution is 7.99. The highest BCUT2D eigenvalue weighted by Gasteiger charge is 2.47. The minimum atomic E-state index is -5.75. The van der Waals surface area contributed by atoms with Gasteiger partial charge in [0.05, 0.1) is 12.2 Å². The Morgan fingerprint density at radius 1 is 1.09 bits per heavy atom. The predicted molar refractivity (Wildman–Crippen MR) is 112 cm³/mol. The molecule has 0 saturated carbocycles. The van der Waals surface area contributed by atoms with Gasteiger partial charge in [-0.15, -0.1) is 0 Å². The van der Waals surface area contributed by atoms with Crippen molar-refractivity contribution in [3.8, 4) is 0 Å². The summed E-state index contributed by atoms with van der Waals surface area (Å²) in [5.74, 6) is 1.42. The summed E-state index contributed by atoms with van der Waals surface area (Å²) in [5, 5.41) is 20.6. The van der Waals surface area contributed by atoms with Gasteiger partial charge in [-0.05, 0) is 12.2 Å². The SMILES string of the molecule is O=c1[nH]c(=O)n(C2CCSC2)cc1[C@@H]1O[C@H](COP(=O)(O)OP(=O)(O)OP(=O)(O)O)C(O)C1O. The van der Waals surface area contributed by atoms with Gasteiger partial charge in [0.1, 0.15) is 24.4 Å². The second-order valence-corrected chi connectivity index (χ2v) is 12.8. The van der Waals surface area contributed by atoms with Gasteiger partial charge in [-0.1, -0.05) is 0 Å². The van der Waals surface area contributed by atoms with Gasteiger partial charge in [0.2, 0.25) is 0 Å². The molecule has 1 aromatic heterocycles. The number of hydrogen-bond donors (Lipinski definition) is 7. The molecule has 0 aromatic carbocycles. The number of rotatable bonds is 9. The van der Waals surface area contributed by atoms with Crippen LogP contribution in [0.2, 0.25) is 0 Å². The van der Waals surface area contributed by atoms with Crippen molar-refractivity contribution >= 4 is 35.2 Å². The molecule has 194 valence electrons. The fourth-order valence-electron chi connectivity index (χ4n) is 3.33. The molecule has 3 rings (SSSR count). The predicted octanol–water partition coefficient (Wildman–Crippen LogP) is -1.28. The Labute approximate surface area is 194 Å². The quantitative estimate of drug-likeness (QED) is 0.170. The number of aromatic nitrogens is 2. The topological polar surface area (TPSA) is 264 Å². The average molecular weight is 570 g/mol. The van der Waals surface area contributed by atoms with E-state index in [9.17, 15) is 38.4 Å². The maximum absolute atomic E-state index is 12.3. The summed E-state index contributed by atoms with van der Waals surface area (Å²) in [7, 11) is -16.8. The highest BCUT2D eigenvalue weighted by Crippen LogP contribution is 2.66. The summed E-state index contributed by atoms with van der Waals surface area (Å²) < 4.78 is 52.1. The molecule has 2 fully saturated rings. The van der Waals surface area contributed by atoms with E-state index < -0.39 is 65.7 Å². The van der Waals surface area contributed by atoms with E-state index in [4.69, 9.17) is 19.4 Å². The maximum Gasteiger partial charge on any atom is 0.490 e. The molecular weight excluding hydrogens is 549 g/mol. The van der Waals surface area contributed by atoms with Crippen LogP contribution in [0.15, 0.2) is 15.8 Å². The molecule has 5 unspecified atom stereocenters. The Bertz CT molecular complexity index is 1160. The van der Waals surface area contributed by atoms with Crippen LogP contribution in [0, 0.1) is 0 Å². The van der Waals surface area contributed by atoms with Crippen molar-refractivity contribution < 1.29 is 61.4 Å². The van der Waals surface area contributed by atoms with Crippen molar-refractivity contribution in [2.45, 2.75) is 36.9 Å². The number of phosphoric ester groups is 1. The van der Waals surface area contributed by atoms with E-state index in [2.05, 4.69) is 18.1 Å². The zero-order valence-corrected chi connectivity index (χ0v) is 20.3. The molecular formula is C13H21N2O15P3S. The normalized spacial score (nSPS) is 31.3. The van der Waals surface area contributed by atoms with Gasteiger partial charge in [0, 0.05) is 18.0 Å². The van der Waals surface area contributed by atoms with Crippen LogP contribution in [0.4, 0.5) is 0 Å². The Balaban J connectivity index is 1.72. The van der Waals surface area contributed by atoms with Gasteiger partial charge in [-0.25, -0.2) is 18.5 Å². The number of aliphatic hydroxyl groups is 2. The van der Waals surface area contributed by atoms with Gasteiger partial charge < -0.3 is 34.5 Å². The Morgan fingerprint density at radius 3 is 2.35 bits per heavy atom. The molecule has 0 radical (unpaired) electrons. The first-order chi connectivity index (χ1) is 15.6. The summed E-state index contributed by atoms with van der Waals surface area (Å²) in [4.78, 5) is 62.3. The molecule has 0 aliphatic carbocycles. The lowest BCUT2D eigenvalue weighted by molar-refractivity contribution is -0.0228. The average Bonchev–Trinajstić information content (AvgIpc) is 3.28. The van der Waals surface area contributed by atoms with Crippen molar-refractivity contribution in [3.63, 3.8) is 0 Å². The first-order valence-corrected chi connectivity index (χ1v) is 15.0. The van der Waals surface area contributed by atoms with E-state index >= 15 is 0 Å². The van der Waals surface area contributed by atoms with Crippen LogP contribution < -0.4 is 11.2 Å². The summed E-state index contributed by atoms with van der Waals surface area (Å²) in [6, 6.07) is -0.211. The van der Waals surface area contributed by atoms with Gasteiger partial charge in [0.25, 0.3) is 5.56 Å². The van der Waals surface area contributed by atoms with Crippen molar-refractivity contribution in [3.05, 3.63) is 32.6 Å². The number of ether oxygens (including phenoxy) is 1. The molecule has 2 aliphatic heterocycles. The smallest absolute Gasteiger partial charge is 0.387 e. The molecule has 3 heterocycles. The Kier molecular flexibility index (Phi) is 8.50. The van der Waals surface area contributed by atoms with Crippen LogP contribution in [-0.2, 0) is 31.6 Å². The monoisotopic (exact) mass is 570 g/mol. The third-order valence-electron chi connectivity index (χ3n) is 4.78. The van der Waals surface area contributed by atoms with Crippen molar-refractivity contribution in [2.75, 3.05) is 18.1 Å². The standard InChI is InChI=1S/C13H21N2O15P3S/c16-9-8(4-27-32(23,24)30-33(25,26)29-31(20,21)22)28-11(10(9)17)7-3-15(6-1-2-34-5-6)13(19)14-12(7)18/h3,6,8-11,16-17H,1-2,4-5H2,(H,23,24)(H,25,26)(H,14,18,19)(H2,20,21,22)/t6?,8-,9?,10?,11+/m1/s1. The zero-order chi connectivity index (χ0) is 25.5. The van der Waals surface area contributed by atoms with Gasteiger partial charge in [0.15, 0.2) is 0 Å². The van der Waals surface area contributed by atoms with Gasteiger partial charge in [-0.2, -0.15) is 20.4 Å². The third-order valence-corrected chi connectivity index (χ3v) is 9.73. The lowest BCUT2D eigenvalue weighted by atomic mass is 10.0. The fourth-order valence-corrected chi connectivity index (χ4v) is 7.57. The lowest BCUT2D eigenvalue weighted by Gasteiger charge is -2.19. The number of H-pyrrole nitrogens is 1. The summed E-state index contributed by atoms with van der Waals surface area (Å²) in [5.41, 5.74) is -1.76. The number of aromatic amines is 1. The van der Waals surface area contributed by atoms with Gasteiger partial charge >= 0.3 is 29.2 Å². The summed E-state index contributed by atoms with van der Waals surface area (Å²) in [6.45, 7) is -1.03. The number of nitrogens with one attached hydrogen (secondary N) is 1. The number of hydrogen-bond acceptors (Lipinski definition) is 12. The molecule has 0 bridgehead atoms. The van der Waals surface area contributed by atoms with Crippen LogP contribution in [-0.4, -0.2) is 75.8 Å². The van der Waals surface area contributed by atoms with Crippen molar-refractivity contribution in [1.29, 1.82) is 0 Å². The molecule has 2 saturated heterocycles. The molecule has 2 aliphatic rings. The van der Waals surface area contributed by atoms with Crippen molar-refractivity contribution in [1.82, 2.24) is 9.55 Å². The minimum absolute atomic E-state index is 0.205. The molecule has 34 heavy (non-hydrogen) atoms. The van der Waals surface area contributed by atoms with E-state index in [1.807, 2.05) is 0 Å². The molecule has 7 atom stereocenters. The van der Waals surface area contributed by atoms with Crippen LogP contribution in [0.5, 0.6) is 0 Å². The Morgan fingerprint density at radius 2 is 1.76 bits per heavy atom. The van der Waals surface area contributed by atoms with Crippen LogP contribution in [0.25, 0.3) is 0 Å². The van der Waals surface area contributed by atoms with Gasteiger partial charge in [-0.3, -0.25) is 18.9 Å². The first-order valence-electron chi connectivity index (χ1n) is 9.31. The molecule has 1 aromatic rings. The number of aliphatic hydroxyl groups excluding tert-OH is 2. The third kappa shape index (κ3) is 6.96. The number of phosphoric acid groups is 3. The molecule has 17 nitrogen and oxygen atoms in total. The van der Waals surface area contributed by atoms with E-state index in [1.165, 1.54) is 10.8 Å². The Hall–Kier alpha value is -0.680. The fraction of sp³-hybridized carbons (Fsp3) is 0.692. The van der Waals surface area contributed by atoms with Crippen LogP contribution in [0.3, 0.4) is 0 Å². The molecule has 7 N–H and O–H groups in total.